The van der Waals surface area contributed by atoms with Crippen molar-refractivity contribution in [3.05, 3.63) is 23.9 Å². The van der Waals surface area contributed by atoms with Gasteiger partial charge in [-0.05, 0) is 30.9 Å². The summed E-state index contributed by atoms with van der Waals surface area (Å²) in [5.74, 6) is -0.328. The molecule has 5 heteroatoms. The summed E-state index contributed by atoms with van der Waals surface area (Å²) in [6, 6.07) is 2.74. The standard InChI is InChI=1S/C11H12N2O3/c14-10(5-7-1-2-7)13-9-6-8(11(15)16)3-4-12-9/h3-4,6-7H,1-2,5H2,(H,15,16)(H,12,13,14). The van der Waals surface area contributed by atoms with Crippen molar-refractivity contribution in [3.8, 4) is 0 Å². The molecule has 0 aliphatic heterocycles. The van der Waals surface area contributed by atoms with Crippen molar-refractivity contribution < 1.29 is 14.7 Å². The van der Waals surface area contributed by atoms with Crippen LogP contribution >= 0.6 is 0 Å². The molecule has 1 aliphatic carbocycles. The first-order valence-corrected chi connectivity index (χ1v) is 5.14. The minimum absolute atomic E-state index is 0.0995. The fourth-order valence-corrected chi connectivity index (χ4v) is 1.41. The Labute approximate surface area is 92.5 Å². The molecule has 0 radical (unpaired) electrons. The molecule has 0 atom stereocenters. The van der Waals surface area contributed by atoms with Gasteiger partial charge in [-0.25, -0.2) is 9.78 Å². The van der Waals surface area contributed by atoms with E-state index < -0.39 is 5.97 Å². The van der Waals surface area contributed by atoms with E-state index in [9.17, 15) is 9.59 Å². The van der Waals surface area contributed by atoms with Crippen LogP contribution in [0.2, 0.25) is 0 Å². The Morgan fingerprint density at radius 3 is 2.88 bits per heavy atom. The number of nitrogens with one attached hydrogen (secondary N) is 1. The lowest BCUT2D eigenvalue weighted by Crippen LogP contribution is -2.13. The van der Waals surface area contributed by atoms with Gasteiger partial charge < -0.3 is 10.4 Å². The zero-order chi connectivity index (χ0) is 11.5. The van der Waals surface area contributed by atoms with Crippen molar-refractivity contribution >= 4 is 17.7 Å². The maximum Gasteiger partial charge on any atom is 0.335 e. The third-order valence-corrected chi connectivity index (χ3v) is 2.45. The molecule has 0 saturated heterocycles. The van der Waals surface area contributed by atoms with Crippen LogP contribution in [-0.4, -0.2) is 22.0 Å². The van der Waals surface area contributed by atoms with Gasteiger partial charge in [0, 0.05) is 12.6 Å². The van der Waals surface area contributed by atoms with E-state index in [1.54, 1.807) is 0 Å². The summed E-state index contributed by atoms with van der Waals surface area (Å²) >= 11 is 0. The molecule has 1 aliphatic rings. The Morgan fingerprint density at radius 2 is 2.25 bits per heavy atom. The molecule has 0 spiro atoms. The summed E-state index contributed by atoms with van der Waals surface area (Å²) in [6.07, 6.45) is 4.08. The van der Waals surface area contributed by atoms with Gasteiger partial charge >= 0.3 is 5.97 Å². The maximum absolute atomic E-state index is 11.4. The smallest absolute Gasteiger partial charge is 0.335 e. The van der Waals surface area contributed by atoms with Crippen molar-refractivity contribution in [2.45, 2.75) is 19.3 Å². The Balaban J connectivity index is 1.99. The van der Waals surface area contributed by atoms with Crippen molar-refractivity contribution in [2.24, 2.45) is 5.92 Å². The number of anilines is 1. The number of nitrogens with zero attached hydrogens (tertiary/aromatic N) is 1. The summed E-state index contributed by atoms with van der Waals surface area (Å²) in [7, 11) is 0. The van der Waals surface area contributed by atoms with E-state index in [1.807, 2.05) is 0 Å². The van der Waals surface area contributed by atoms with Crippen LogP contribution in [0, 0.1) is 5.92 Å². The number of hydrogen-bond donors (Lipinski definition) is 2. The van der Waals surface area contributed by atoms with Gasteiger partial charge in [0.15, 0.2) is 0 Å². The highest BCUT2D eigenvalue weighted by molar-refractivity contribution is 5.92. The zero-order valence-electron chi connectivity index (χ0n) is 8.64. The fourth-order valence-electron chi connectivity index (χ4n) is 1.41. The zero-order valence-corrected chi connectivity index (χ0v) is 8.64. The molecule has 1 aromatic heterocycles. The Kier molecular flexibility index (Phi) is 2.85. The van der Waals surface area contributed by atoms with Crippen LogP contribution in [0.4, 0.5) is 5.82 Å². The molecule has 1 fully saturated rings. The average molecular weight is 220 g/mol. The summed E-state index contributed by atoms with van der Waals surface area (Å²) in [4.78, 5) is 26.0. The number of rotatable bonds is 4. The van der Waals surface area contributed by atoms with Gasteiger partial charge in [0.2, 0.25) is 5.91 Å². The molecule has 0 aromatic carbocycles. The molecular formula is C11H12N2O3. The quantitative estimate of drug-likeness (QED) is 0.806. The predicted molar refractivity (Wildman–Crippen MR) is 57.2 cm³/mol. The average Bonchev–Trinajstić information content (AvgIpc) is 3.01. The van der Waals surface area contributed by atoms with Gasteiger partial charge in [0.05, 0.1) is 5.56 Å². The Morgan fingerprint density at radius 1 is 1.50 bits per heavy atom. The molecule has 5 nitrogen and oxygen atoms in total. The Bertz CT molecular complexity index is 427. The SMILES string of the molecule is O=C(CC1CC1)Nc1cc(C(=O)O)ccn1. The first-order valence-electron chi connectivity index (χ1n) is 5.14. The fraction of sp³-hybridized carbons (Fsp3) is 0.364. The van der Waals surface area contributed by atoms with Gasteiger partial charge in [-0.1, -0.05) is 0 Å². The van der Waals surface area contributed by atoms with E-state index in [4.69, 9.17) is 5.11 Å². The molecule has 2 N–H and O–H groups in total. The van der Waals surface area contributed by atoms with Gasteiger partial charge in [0.25, 0.3) is 0 Å². The monoisotopic (exact) mass is 220 g/mol. The molecule has 16 heavy (non-hydrogen) atoms. The predicted octanol–water partition coefficient (Wildman–Crippen LogP) is 1.52. The van der Waals surface area contributed by atoms with Gasteiger partial charge in [-0.15, -0.1) is 0 Å². The molecule has 84 valence electrons. The highest BCUT2D eigenvalue weighted by Crippen LogP contribution is 2.32. The van der Waals surface area contributed by atoms with Crippen molar-refractivity contribution in [1.82, 2.24) is 4.98 Å². The van der Waals surface area contributed by atoms with Crippen LogP contribution in [0.3, 0.4) is 0 Å². The van der Waals surface area contributed by atoms with E-state index >= 15 is 0 Å². The van der Waals surface area contributed by atoms with Crippen LogP contribution in [-0.2, 0) is 4.79 Å². The van der Waals surface area contributed by atoms with Crippen LogP contribution < -0.4 is 5.32 Å². The Hall–Kier alpha value is -1.91. The number of aromatic nitrogens is 1. The number of carboxylic acids is 1. The molecule has 2 rings (SSSR count). The first-order chi connectivity index (χ1) is 7.65. The minimum Gasteiger partial charge on any atom is -0.478 e. The van der Waals surface area contributed by atoms with Crippen LogP contribution in [0.25, 0.3) is 0 Å². The van der Waals surface area contributed by atoms with Crippen LogP contribution in [0.5, 0.6) is 0 Å². The number of carbonyl (C=O) groups excluding carboxylic acids is 1. The summed E-state index contributed by atoms with van der Waals surface area (Å²) in [5, 5.41) is 11.4. The molecule has 0 unspecified atom stereocenters. The number of carbonyl (C=O) groups is 2. The van der Waals surface area contributed by atoms with Gasteiger partial charge in [-0.3, -0.25) is 4.79 Å². The van der Waals surface area contributed by atoms with Crippen LogP contribution in [0.1, 0.15) is 29.6 Å². The number of carboxylic acid groups (broad SMARTS) is 1. The van der Waals surface area contributed by atoms with Crippen molar-refractivity contribution in [2.75, 3.05) is 5.32 Å². The van der Waals surface area contributed by atoms with E-state index in [1.165, 1.54) is 18.3 Å². The molecule has 1 aromatic rings. The van der Waals surface area contributed by atoms with E-state index in [2.05, 4.69) is 10.3 Å². The van der Waals surface area contributed by atoms with Crippen molar-refractivity contribution in [1.29, 1.82) is 0 Å². The lowest BCUT2D eigenvalue weighted by molar-refractivity contribution is -0.116. The number of pyridine rings is 1. The normalized spacial score (nSPS) is 14.5. The van der Waals surface area contributed by atoms with Crippen LogP contribution in [0.15, 0.2) is 18.3 Å². The number of amides is 1. The molecular weight excluding hydrogens is 208 g/mol. The van der Waals surface area contributed by atoms with Crippen molar-refractivity contribution in [3.63, 3.8) is 0 Å². The van der Waals surface area contributed by atoms with Gasteiger partial charge in [-0.2, -0.15) is 0 Å². The van der Waals surface area contributed by atoms with E-state index in [0.29, 0.717) is 18.2 Å². The third kappa shape index (κ3) is 2.79. The van der Waals surface area contributed by atoms with E-state index in [0.717, 1.165) is 12.8 Å². The molecule has 1 saturated carbocycles. The summed E-state index contributed by atoms with van der Waals surface area (Å²) in [5.41, 5.74) is 0.122. The highest BCUT2D eigenvalue weighted by atomic mass is 16.4. The van der Waals surface area contributed by atoms with E-state index in [-0.39, 0.29) is 11.5 Å². The molecule has 1 heterocycles. The highest BCUT2D eigenvalue weighted by Gasteiger charge is 2.24. The lowest BCUT2D eigenvalue weighted by atomic mass is 10.2. The minimum atomic E-state index is -1.03. The molecule has 1 amide bonds. The second-order valence-electron chi connectivity index (χ2n) is 3.93. The number of hydrogen-bond acceptors (Lipinski definition) is 3. The summed E-state index contributed by atoms with van der Waals surface area (Å²) in [6.45, 7) is 0. The number of aromatic carboxylic acids is 1. The molecule has 0 bridgehead atoms. The second-order valence-corrected chi connectivity index (χ2v) is 3.93. The first kappa shape index (κ1) is 10.6. The summed E-state index contributed by atoms with van der Waals surface area (Å²) < 4.78 is 0. The van der Waals surface area contributed by atoms with Gasteiger partial charge in [0.1, 0.15) is 5.82 Å². The maximum atomic E-state index is 11.4. The largest absolute Gasteiger partial charge is 0.478 e. The third-order valence-electron chi connectivity index (χ3n) is 2.45. The topological polar surface area (TPSA) is 79.3 Å². The second kappa shape index (κ2) is 4.30. The lowest BCUT2D eigenvalue weighted by Gasteiger charge is -2.03.